The van der Waals surface area contributed by atoms with Crippen molar-refractivity contribution in [1.29, 1.82) is 0 Å². The van der Waals surface area contributed by atoms with Gasteiger partial charge in [-0.05, 0) is 37.3 Å². The van der Waals surface area contributed by atoms with E-state index in [0.717, 1.165) is 11.5 Å². The number of hydrogen-bond donors (Lipinski definition) is 1. The molecule has 0 saturated heterocycles. The molecule has 1 heterocycles. The van der Waals surface area contributed by atoms with Gasteiger partial charge in [0.05, 0.1) is 19.0 Å². The minimum atomic E-state index is -0.210. The van der Waals surface area contributed by atoms with Crippen LogP contribution in [0.4, 0.5) is 5.95 Å². The van der Waals surface area contributed by atoms with Gasteiger partial charge in [-0.2, -0.15) is 0 Å². The van der Waals surface area contributed by atoms with Crippen LogP contribution >= 0.6 is 11.8 Å². The Kier molecular flexibility index (Phi) is 6.68. The highest BCUT2D eigenvalue weighted by Crippen LogP contribution is 2.18. The van der Waals surface area contributed by atoms with Crippen molar-refractivity contribution in [3.8, 4) is 11.5 Å². The van der Waals surface area contributed by atoms with E-state index in [9.17, 15) is 4.79 Å². The molecule has 0 bridgehead atoms. The van der Waals surface area contributed by atoms with E-state index in [2.05, 4.69) is 15.3 Å². The van der Waals surface area contributed by atoms with Crippen molar-refractivity contribution in [2.45, 2.75) is 12.2 Å². The summed E-state index contributed by atoms with van der Waals surface area (Å²) in [7, 11) is 1.62. The molecule has 0 aliphatic rings. The van der Waals surface area contributed by atoms with E-state index >= 15 is 0 Å². The summed E-state index contributed by atoms with van der Waals surface area (Å²) in [6.07, 6.45) is 3.17. The van der Waals surface area contributed by atoms with Crippen LogP contribution in [0.5, 0.6) is 11.5 Å². The van der Waals surface area contributed by atoms with Gasteiger partial charge in [0.25, 0.3) is 0 Å². The zero-order valence-corrected chi connectivity index (χ0v) is 13.9. The second kappa shape index (κ2) is 8.99. The number of benzene rings is 1. The number of methoxy groups -OCH3 is 1. The molecule has 0 spiro atoms. The van der Waals surface area contributed by atoms with Crippen LogP contribution < -0.4 is 14.8 Å². The maximum absolute atomic E-state index is 12.0. The Labute approximate surface area is 139 Å². The van der Waals surface area contributed by atoms with Gasteiger partial charge in [-0.3, -0.25) is 10.1 Å². The first kappa shape index (κ1) is 17.1. The van der Waals surface area contributed by atoms with Crippen molar-refractivity contribution in [3.63, 3.8) is 0 Å². The predicted octanol–water partition coefficient (Wildman–Crippen LogP) is 2.62. The molecule has 1 amide bonds. The van der Waals surface area contributed by atoms with E-state index in [1.807, 2.05) is 31.2 Å². The third-order valence-electron chi connectivity index (χ3n) is 2.95. The van der Waals surface area contributed by atoms with Gasteiger partial charge < -0.3 is 9.47 Å². The highest BCUT2D eigenvalue weighted by Gasteiger charge is 2.14. The molecular formula is C16H19N3O3S. The maximum atomic E-state index is 12.0. The van der Waals surface area contributed by atoms with Gasteiger partial charge in [0, 0.05) is 18.1 Å². The van der Waals surface area contributed by atoms with Gasteiger partial charge in [0.15, 0.2) is 0 Å². The summed E-state index contributed by atoms with van der Waals surface area (Å²) in [5.74, 6) is 2.47. The third-order valence-corrected chi connectivity index (χ3v) is 4.07. The molecule has 0 unspecified atom stereocenters. The van der Waals surface area contributed by atoms with Gasteiger partial charge in [-0.1, -0.05) is 0 Å². The Balaban J connectivity index is 1.67. The van der Waals surface area contributed by atoms with Gasteiger partial charge in [0.2, 0.25) is 11.9 Å². The van der Waals surface area contributed by atoms with Crippen molar-refractivity contribution >= 4 is 23.6 Å². The lowest BCUT2D eigenvalue weighted by Crippen LogP contribution is -2.24. The first-order chi connectivity index (χ1) is 11.2. The molecule has 1 atom stereocenters. The fraction of sp³-hybridized carbons (Fsp3) is 0.312. The monoisotopic (exact) mass is 333 g/mol. The number of nitrogens with zero attached hydrogens (tertiary/aromatic N) is 2. The number of rotatable bonds is 8. The van der Waals surface area contributed by atoms with Gasteiger partial charge >= 0.3 is 0 Å². The molecule has 0 fully saturated rings. The summed E-state index contributed by atoms with van der Waals surface area (Å²) in [5.41, 5.74) is 0. The molecule has 2 rings (SSSR count). The SMILES string of the molecule is COc1ccc(OCCS[C@@H](C)C(=O)Nc2ncccn2)cc1. The molecule has 1 N–H and O–H groups in total. The van der Waals surface area contributed by atoms with Crippen molar-refractivity contribution in [1.82, 2.24) is 9.97 Å². The quantitative estimate of drug-likeness (QED) is 0.749. The Bertz CT molecular complexity index is 608. The average Bonchev–Trinajstić information content (AvgIpc) is 2.60. The van der Waals surface area contributed by atoms with Crippen molar-refractivity contribution in [3.05, 3.63) is 42.7 Å². The van der Waals surface area contributed by atoms with Gasteiger partial charge in [0.1, 0.15) is 11.5 Å². The maximum Gasteiger partial charge on any atom is 0.239 e. The number of carbonyl (C=O) groups excluding carboxylic acids is 1. The van der Waals surface area contributed by atoms with Crippen LogP contribution in [-0.2, 0) is 4.79 Å². The van der Waals surface area contributed by atoms with Crippen LogP contribution in [0.2, 0.25) is 0 Å². The average molecular weight is 333 g/mol. The summed E-state index contributed by atoms with van der Waals surface area (Å²) < 4.78 is 10.7. The zero-order valence-electron chi connectivity index (χ0n) is 13.1. The molecule has 0 saturated carbocycles. The Morgan fingerprint density at radius 2 is 1.87 bits per heavy atom. The summed E-state index contributed by atoms with van der Waals surface area (Å²) in [6.45, 7) is 2.37. The van der Waals surface area contributed by atoms with E-state index in [-0.39, 0.29) is 11.2 Å². The zero-order chi connectivity index (χ0) is 16.5. The highest BCUT2D eigenvalue weighted by atomic mass is 32.2. The molecule has 7 heteroatoms. The Morgan fingerprint density at radius 1 is 1.22 bits per heavy atom. The van der Waals surface area contributed by atoms with E-state index < -0.39 is 0 Å². The first-order valence-electron chi connectivity index (χ1n) is 7.15. The Morgan fingerprint density at radius 3 is 2.52 bits per heavy atom. The number of carbonyl (C=O) groups is 1. The van der Waals surface area contributed by atoms with Crippen LogP contribution in [0.1, 0.15) is 6.92 Å². The molecule has 23 heavy (non-hydrogen) atoms. The molecule has 0 radical (unpaired) electrons. The summed E-state index contributed by atoms with van der Waals surface area (Å²) >= 11 is 1.51. The molecule has 0 aliphatic carbocycles. The predicted molar refractivity (Wildman–Crippen MR) is 91.1 cm³/mol. The second-order valence-corrected chi connectivity index (χ2v) is 6.05. The van der Waals surface area contributed by atoms with Crippen LogP contribution in [0.3, 0.4) is 0 Å². The Hall–Kier alpha value is -2.28. The number of thioether (sulfide) groups is 1. The summed E-state index contributed by atoms with van der Waals surface area (Å²) in [5, 5.41) is 2.47. The van der Waals surface area contributed by atoms with Crippen molar-refractivity contribution < 1.29 is 14.3 Å². The second-order valence-electron chi connectivity index (χ2n) is 4.60. The molecule has 0 aliphatic heterocycles. The van der Waals surface area contributed by atoms with Crippen LogP contribution in [0.15, 0.2) is 42.7 Å². The highest BCUT2D eigenvalue weighted by molar-refractivity contribution is 8.00. The lowest BCUT2D eigenvalue weighted by Gasteiger charge is -2.11. The van der Waals surface area contributed by atoms with Crippen molar-refractivity contribution in [2.75, 3.05) is 24.8 Å². The van der Waals surface area contributed by atoms with E-state index in [1.54, 1.807) is 25.6 Å². The number of nitrogens with one attached hydrogen (secondary N) is 1. The lowest BCUT2D eigenvalue weighted by molar-refractivity contribution is -0.115. The molecule has 1 aromatic heterocycles. The van der Waals surface area contributed by atoms with Gasteiger partial charge in [-0.15, -0.1) is 11.8 Å². The molecule has 2 aromatic rings. The fourth-order valence-electron chi connectivity index (χ4n) is 1.71. The largest absolute Gasteiger partial charge is 0.497 e. The van der Waals surface area contributed by atoms with E-state index in [1.165, 1.54) is 11.8 Å². The van der Waals surface area contributed by atoms with E-state index in [4.69, 9.17) is 9.47 Å². The number of anilines is 1. The summed E-state index contributed by atoms with van der Waals surface area (Å²) in [6, 6.07) is 9.10. The van der Waals surface area contributed by atoms with Crippen LogP contribution in [0, 0.1) is 0 Å². The van der Waals surface area contributed by atoms with Crippen molar-refractivity contribution in [2.24, 2.45) is 0 Å². The summed E-state index contributed by atoms with van der Waals surface area (Å²) in [4.78, 5) is 19.9. The standard InChI is InChI=1S/C16H19N3O3S/c1-12(15(20)19-16-17-8-3-9-18-16)23-11-10-22-14-6-4-13(21-2)5-7-14/h3-9,12H,10-11H2,1-2H3,(H,17,18,19,20)/t12-/m0/s1. The van der Waals surface area contributed by atoms with Crippen LogP contribution in [-0.4, -0.2) is 40.6 Å². The first-order valence-corrected chi connectivity index (χ1v) is 8.20. The number of aromatic nitrogens is 2. The number of hydrogen-bond acceptors (Lipinski definition) is 6. The lowest BCUT2D eigenvalue weighted by atomic mass is 10.3. The fourth-order valence-corrected chi connectivity index (χ4v) is 2.45. The van der Waals surface area contributed by atoms with Crippen LogP contribution in [0.25, 0.3) is 0 Å². The smallest absolute Gasteiger partial charge is 0.239 e. The third kappa shape index (κ3) is 5.78. The molecule has 1 aromatic carbocycles. The number of ether oxygens (including phenoxy) is 2. The molecule has 6 nitrogen and oxygen atoms in total. The minimum Gasteiger partial charge on any atom is -0.497 e. The molecule has 122 valence electrons. The molecular weight excluding hydrogens is 314 g/mol. The normalized spacial score (nSPS) is 11.6. The minimum absolute atomic E-state index is 0.120. The number of amides is 1. The topological polar surface area (TPSA) is 73.3 Å². The van der Waals surface area contributed by atoms with Gasteiger partial charge in [-0.25, -0.2) is 9.97 Å². The van der Waals surface area contributed by atoms with E-state index in [0.29, 0.717) is 18.3 Å².